The van der Waals surface area contributed by atoms with E-state index in [9.17, 15) is 9.59 Å². The largest absolute Gasteiger partial charge is 0.399 e. The summed E-state index contributed by atoms with van der Waals surface area (Å²) >= 11 is 0. The Morgan fingerprint density at radius 1 is 1.17 bits per heavy atom. The second kappa shape index (κ2) is 4.01. The zero-order chi connectivity index (χ0) is 12.7. The van der Waals surface area contributed by atoms with Crippen molar-refractivity contribution in [3.63, 3.8) is 0 Å². The van der Waals surface area contributed by atoms with Gasteiger partial charge in [0.25, 0.3) is 0 Å². The summed E-state index contributed by atoms with van der Waals surface area (Å²) in [5, 5.41) is 0. The fourth-order valence-electron chi connectivity index (χ4n) is 2.71. The van der Waals surface area contributed by atoms with Crippen LogP contribution in [0.2, 0.25) is 0 Å². The number of carbonyl (C=O) groups is 2. The van der Waals surface area contributed by atoms with E-state index in [0.29, 0.717) is 17.8 Å². The first-order chi connectivity index (χ1) is 8.66. The van der Waals surface area contributed by atoms with Crippen LogP contribution in [-0.2, 0) is 4.79 Å². The minimum Gasteiger partial charge on any atom is -0.399 e. The van der Waals surface area contributed by atoms with Crippen LogP contribution in [0.4, 0.5) is 16.2 Å². The standard InChI is InChI=1S/C13H15N3O2/c14-9-3-5-10(6-4-9)16-12(17)8-11-2-1-7-15(11)13(16)18/h3-6,11H,1-2,7-8,14H2. The number of carbonyl (C=O) groups excluding carboxylic acids is 2. The third-order valence-corrected chi connectivity index (χ3v) is 3.63. The predicted molar refractivity (Wildman–Crippen MR) is 68.1 cm³/mol. The maximum Gasteiger partial charge on any atom is 0.331 e. The molecule has 0 saturated carbocycles. The van der Waals surface area contributed by atoms with Crippen LogP contribution >= 0.6 is 0 Å². The van der Waals surface area contributed by atoms with Gasteiger partial charge in [-0.25, -0.2) is 9.69 Å². The Morgan fingerprint density at radius 3 is 2.61 bits per heavy atom. The molecule has 3 amide bonds. The topological polar surface area (TPSA) is 66.6 Å². The molecule has 1 aromatic carbocycles. The Morgan fingerprint density at radius 2 is 1.89 bits per heavy atom. The lowest BCUT2D eigenvalue weighted by molar-refractivity contribution is -0.119. The molecule has 5 nitrogen and oxygen atoms in total. The van der Waals surface area contributed by atoms with Crippen LogP contribution in [0.3, 0.4) is 0 Å². The minimum atomic E-state index is -0.196. The lowest BCUT2D eigenvalue weighted by Crippen LogP contribution is -2.54. The Kier molecular flexibility index (Phi) is 2.47. The van der Waals surface area contributed by atoms with Crippen molar-refractivity contribution in [1.29, 1.82) is 0 Å². The molecule has 2 fully saturated rings. The van der Waals surface area contributed by atoms with Crippen LogP contribution in [0.15, 0.2) is 24.3 Å². The van der Waals surface area contributed by atoms with E-state index < -0.39 is 0 Å². The fraction of sp³-hybridized carbons (Fsp3) is 0.385. The third kappa shape index (κ3) is 1.63. The van der Waals surface area contributed by atoms with Crippen LogP contribution in [0.1, 0.15) is 19.3 Å². The van der Waals surface area contributed by atoms with Gasteiger partial charge >= 0.3 is 6.03 Å². The molecule has 2 aliphatic heterocycles. The number of rotatable bonds is 1. The zero-order valence-electron chi connectivity index (χ0n) is 10.0. The normalized spacial score (nSPS) is 23.4. The number of nitrogens with two attached hydrogens (primary N) is 1. The van der Waals surface area contributed by atoms with Gasteiger partial charge in [-0.05, 0) is 37.1 Å². The average molecular weight is 245 g/mol. The van der Waals surface area contributed by atoms with Gasteiger partial charge in [0.2, 0.25) is 5.91 Å². The molecule has 0 aliphatic carbocycles. The van der Waals surface area contributed by atoms with E-state index >= 15 is 0 Å². The maximum absolute atomic E-state index is 12.3. The van der Waals surface area contributed by atoms with Gasteiger partial charge in [-0.2, -0.15) is 0 Å². The van der Waals surface area contributed by atoms with Crippen molar-refractivity contribution in [3.8, 4) is 0 Å². The van der Waals surface area contributed by atoms with E-state index in [0.717, 1.165) is 19.4 Å². The van der Waals surface area contributed by atoms with Crippen molar-refractivity contribution in [2.75, 3.05) is 17.2 Å². The van der Waals surface area contributed by atoms with Crippen molar-refractivity contribution in [1.82, 2.24) is 4.90 Å². The highest BCUT2D eigenvalue weighted by molar-refractivity contribution is 6.16. The number of fused-ring (bicyclic) bond motifs is 1. The van der Waals surface area contributed by atoms with Gasteiger partial charge in [0, 0.05) is 24.7 Å². The van der Waals surface area contributed by atoms with Crippen molar-refractivity contribution in [3.05, 3.63) is 24.3 Å². The molecule has 1 aromatic rings. The number of anilines is 2. The van der Waals surface area contributed by atoms with E-state index in [4.69, 9.17) is 5.73 Å². The summed E-state index contributed by atoms with van der Waals surface area (Å²) in [6.45, 7) is 0.752. The molecule has 0 aromatic heterocycles. The number of benzene rings is 1. The maximum atomic E-state index is 12.3. The molecule has 1 atom stereocenters. The van der Waals surface area contributed by atoms with Crippen LogP contribution in [-0.4, -0.2) is 29.4 Å². The molecule has 5 heteroatoms. The summed E-state index contributed by atoms with van der Waals surface area (Å²) in [4.78, 5) is 27.5. The lowest BCUT2D eigenvalue weighted by atomic mass is 10.1. The highest BCUT2D eigenvalue weighted by Gasteiger charge is 2.41. The Bertz CT molecular complexity index is 497. The van der Waals surface area contributed by atoms with Gasteiger partial charge in [-0.1, -0.05) is 0 Å². The van der Waals surface area contributed by atoms with E-state index in [1.807, 2.05) is 0 Å². The number of imide groups is 1. The van der Waals surface area contributed by atoms with Gasteiger partial charge in [0.05, 0.1) is 5.69 Å². The first-order valence-electron chi connectivity index (χ1n) is 6.16. The molecule has 2 N–H and O–H groups in total. The summed E-state index contributed by atoms with van der Waals surface area (Å²) in [7, 11) is 0. The highest BCUT2D eigenvalue weighted by Crippen LogP contribution is 2.30. The SMILES string of the molecule is Nc1ccc(N2C(=O)CC3CCCN3C2=O)cc1. The van der Waals surface area contributed by atoms with Crippen molar-refractivity contribution < 1.29 is 9.59 Å². The van der Waals surface area contributed by atoms with E-state index in [2.05, 4.69) is 0 Å². The number of hydrogen-bond acceptors (Lipinski definition) is 3. The third-order valence-electron chi connectivity index (χ3n) is 3.63. The predicted octanol–water partition coefficient (Wildman–Crippen LogP) is 1.59. The zero-order valence-corrected chi connectivity index (χ0v) is 10.0. The first kappa shape index (κ1) is 11.1. The van der Waals surface area contributed by atoms with Crippen LogP contribution in [0, 0.1) is 0 Å². The van der Waals surface area contributed by atoms with E-state index in [1.54, 1.807) is 29.2 Å². The molecule has 0 spiro atoms. The van der Waals surface area contributed by atoms with Crippen LogP contribution in [0.5, 0.6) is 0 Å². The van der Waals surface area contributed by atoms with Crippen LogP contribution in [0.25, 0.3) is 0 Å². The monoisotopic (exact) mass is 245 g/mol. The Balaban J connectivity index is 1.93. The minimum absolute atomic E-state index is 0.107. The first-order valence-corrected chi connectivity index (χ1v) is 6.16. The average Bonchev–Trinajstić information content (AvgIpc) is 2.80. The summed E-state index contributed by atoms with van der Waals surface area (Å²) in [6.07, 6.45) is 2.35. The van der Waals surface area contributed by atoms with Gasteiger partial charge in [-0.3, -0.25) is 4.79 Å². The number of nitrogen functional groups attached to an aromatic ring is 1. The van der Waals surface area contributed by atoms with Crippen molar-refractivity contribution in [2.45, 2.75) is 25.3 Å². The second-order valence-corrected chi connectivity index (χ2v) is 4.80. The molecule has 0 radical (unpaired) electrons. The highest BCUT2D eigenvalue weighted by atomic mass is 16.2. The Labute approximate surface area is 105 Å². The lowest BCUT2D eigenvalue weighted by Gasteiger charge is -2.36. The van der Waals surface area contributed by atoms with Gasteiger partial charge < -0.3 is 10.6 Å². The number of hydrogen-bond donors (Lipinski definition) is 1. The van der Waals surface area contributed by atoms with Crippen molar-refractivity contribution >= 4 is 23.3 Å². The Hall–Kier alpha value is -2.04. The van der Waals surface area contributed by atoms with Crippen LogP contribution < -0.4 is 10.6 Å². The number of nitrogens with zero attached hydrogens (tertiary/aromatic N) is 2. The molecule has 2 heterocycles. The van der Waals surface area contributed by atoms with Gasteiger partial charge in [-0.15, -0.1) is 0 Å². The molecular weight excluding hydrogens is 230 g/mol. The summed E-state index contributed by atoms with van der Waals surface area (Å²) in [5.41, 5.74) is 6.83. The fourth-order valence-corrected chi connectivity index (χ4v) is 2.71. The molecule has 0 bridgehead atoms. The van der Waals surface area contributed by atoms with E-state index in [1.165, 1.54) is 4.90 Å². The van der Waals surface area contributed by atoms with Gasteiger partial charge in [0.1, 0.15) is 0 Å². The summed E-state index contributed by atoms with van der Waals surface area (Å²) in [6, 6.07) is 6.73. The summed E-state index contributed by atoms with van der Waals surface area (Å²) in [5.74, 6) is -0.118. The molecular formula is C13H15N3O2. The molecule has 1 unspecified atom stereocenters. The molecule has 3 rings (SSSR count). The molecule has 94 valence electrons. The molecule has 2 saturated heterocycles. The molecule has 2 aliphatic rings. The van der Waals surface area contributed by atoms with Gasteiger partial charge in [0.15, 0.2) is 0 Å². The second-order valence-electron chi connectivity index (χ2n) is 4.80. The van der Waals surface area contributed by atoms with Crippen molar-refractivity contribution in [2.24, 2.45) is 0 Å². The summed E-state index contributed by atoms with van der Waals surface area (Å²) < 4.78 is 0. The number of amides is 3. The number of urea groups is 1. The smallest absolute Gasteiger partial charge is 0.331 e. The quantitative estimate of drug-likeness (QED) is 0.764. The van der Waals surface area contributed by atoms with E-state index in [-0.39, 0.29) is 18.0 Å². The molecule has 18 heavy (non-hydrogen) atoms.